The minimum absolute atomic E-state index is 0.0806. The second-order valence-electron chi connectivity index (χ2n) is 13.5. The Bertz CT molecular complexity index is 2070. The molecule has 6 aromatic rings. The molecule has 1 aliphatic rings. The van der Waals surface area contributed by atoms with Crippen molar-refractivity contribution in [3.63, 3.8) is 0 Å². The van der Waals surface area contributed by atoms with E-state index in [1.807, 2.05) is 102 Å². The van der Waals surface area contributed by atoms with Gasteiger partial charge in [0, 0.05) is 36.4 Å². The highest BCUT2D eigenvalue weighted by Gasteiger charge is 2.45. The summed E-state index contributed by atoms with van der Waals surface area (Å²) in [6.07, 6.45) is 3.31. The Labute approximate surface area is 318 Å². The number of carbonyl (C=O) groups is 1. The first-order valence-electron chi connectivity index (χ1n) is 17.9. The summed E-state index contributed by atoms with van der Waals surface area (Å²) in [6.45, 7) is 4.69. The largest absolute Gasteiger partial charge is 0.300 e. The molecule has 1 aromatic heterocycles. The predicted molar refractivity (Wildman–Crippen MR) is 216 cm³/mol. The van der Waals surface area contributed by atoms with Crippen LogP contribution in [-0.4, -0.2) is 57.6 Å². The first-order valence-corrected chi connectivity index (χ1v) is 20.7. The fraction of sp³-hybridized carbons (Fsp3) is 0.250. The van der Waals surface area contributed by atoms with Gasteiger partial charge in [0.15, 0.2) is 0 Å². The van der Waals surface area contributed by atoms with Crippen molar-refractivity contribution in [2.24, 2.45) is 0 Å². The number of aryl methyl sites for hydroxylation is 1. The number of ketones is 1. The molecule has 0 saturated carbocycles. The van der Waals surface area contributed by atoms with Crippen molar-refractivity contribution in [3.8, 4) is 11.3 Å². The maximum Gasteiger partial charge on any atom is 0.211 e. The standard InChI is InChI=1S/C35H36N4O2S2.C9H10O/c1-27-34(28-15-7-3-8-16-28)36-37-38(27)24-23-32-25-33(26-39(32)43(2,40)41)42-35(29-17-9-4-10-18-29,30-19-11-5-12-20-30)31-21-13-6-14-22-31;1-8(10)7-9-5-3-2-4-6-9/h3-22,32-33H,23-26H2,1-2H3;2-6H,7H2,1H3/t32-,33+;/m0./s1. The van der Waals surface area contributed by atoms with E-state index >= 15 is 0 Å². The number of Topliss-reactive ketones (excluding diaryl/α,β-unsaturated/α-hetero) is 1. The van der Waals surface area contributed by atoms with Crippen molar-refractivity contribution in [2.45, 2.75) is 55.7 Å². The number of thioether (sulfide) groups is 1. The topological polar surface area (TPSA) is 85.2 Å². The molecule has 0 spiro atoms. The van der Waals surface area contributed by atoms with Gasteiger partial charge in [-0.1, -0.05) is 157 Å². The van der Waals surface area contributed by atoms with E-state index in [2.05, 4.69) is 83.1 Å². The van der Waals surface area contributed by atoms with Gasteiger partial charge in [-0.2, -0.15) is 4.31 Å². The molecule has 2 heterocycles. The van der Waals surface area contributed by atoms with Crippen molar-refractivity contribution in [3.05, 3.63) is 180 Å². The molecule has 1 aliphatic heterocycles. The molecular formula is C44H46N4O3S2. The van der Waals surface area contributed by atoms with Crippen molar-refractivity contribution >= 4 is 27.6 Å². The summed E-state index contributed by atoms with van der Waals surface area (Å²) in [4.78, 5) is 10.6. The van der Waals surface area contributed by atoms with Crippen LogP contribution in [0.25, 0.3) is 11.3 Å². The number of benzene rings is 5. The Balaban J connectivity index is 0.000000417. The van der Waals surface area contributed by atoms with E-state index in [9.17, 15) is 13.2 Å². The first-order chi connectivity index (χ1) is 25.6. The lowest BCUT2D eigenvalue weighted by Crippen LogP contribution is -2.36. The number of hydrogen-bond acceptors (Lipinski definition) is 6. The molecule has 0 N–H and O–H groups in total. The number of sulfonamides is 1. The van der Waals surface area contributed by atoms with Gasteiger partial charge < -0.3 is 0 Å². The third kappa shape index (κ3) is 9.22. The lowest BCUT2D eigenvalue weighted by molar-refractivity contribution is -0.116. The smallest absolute Gasteiger partial charge is 0.211 e. The van der Waals surface area contributed by atoms with Crippen LogP contribution in [0.2, 0.25) is 0 Å². The minimum atomic E-state index is -3.41. The second kappa shape index (κ2) is 17.3. The predicted octanol–water partition coefficient (Wildman–Crippen LogP) is 8.59. The SMILES string of the molecule is CC(=O)Cc1ccccc1.Cc1c(-c2ccccc2)nnn1CC[C@H]1C[C@@H](SC(c2ccccc2)(c2ccccc2)c2ccccc2)CN1S(C)(=O)=O. The monoisotopic (exact) mass is 742 g/mol. The van der Waals surface area contributed by atoms with Gasteiger partial charge in [0.2, 0.25) is 10.0 Å². The van der Waals surface area contributed by atoms with E-state index in [1.54, 1.807) is 11.2 Å². The number of rotatable bonds is 12. The molecule has 0 unspecified atom stereocenters. The van der Waals surface area contributed by atoms with E-state index in [1.165, 1.54) is 22.9 Å². The zero-order valence-corrected chi connectivity index (χ0v) is 32.1. The highest BCUT2D eigenvalue weighted by Crippen LogP contribution is 2.52. The van der Waals surface area contributed by atoms with Crippen molar-refractivity contribution in [1.82, 2.24) is 19.3 Å². The maximum absolute atomic E-state index is 13.1. The molecular weight excluding hydrogens is 697 g/mol. The fourth-order valence-electron chi connectivity index (χ4n) is 7.16. The number of hydrogen-bond donors (Lipinski definition) is 0. The zero-order chi connectivity index (χ0) is 37.3. The van der Waals surface area contributed by atoms with Gasteiger partial charge in [0.05, 0.1) is 16.7 Å². The van der Waals surface area contributed by atoms with Gasteiger partial charge in [-0.3, -0.25) is 4.79 Å². The average Bonchev–Trinajstić information content (AvgIpc) is 3.77. The molecule has 53 heavy (non-hydrogen) atoms. The maximum atomic E-state index is 13.1. The lowest BCUT2D eigenvalue weighted by atomic mass is 9.84. The number of nitrogens with zero attached hydrogens (tertiary/aromatic N) is 4. The molecule has 9 heteroatoms. The highest BCUT2D eigenvalue weighted by molar-refractivity contribution is 8.01. The average molecular weight is 743 g/mol. The van der Waals surface area contributed by atoms with Crippen molar-refractivity contribution < 1.29 is 13.2 Å². The summed E-state index contributed by atoms with van der Waals surface area (Å²) in [6, 6.07) is 51.4. The van der Waals surface area contributed by atoms with Crippen LogP contribution in [0, 0.1) is 6.92 Å². The third-order valence-corrected chi connectivity index (χ3v) is 12.7. The lowest BCUT2D eigenvalue weighted by Gasteiger charge is -2.37. The van der Waals surface area contributed by atoms with E-state index in [4.69, 9.17) is 0 Å². The second-order valence-corrected chi connectivity index (χ2v) is 17.0. The van der Waals surface area contributed by atoms with Gasteiger partial charge in [-0.15, -0.1) is 16.9 Å². The van der Waals surface area contributed by atoms with Crippen LogP contribution in [0.1, 0.15) is 47.7 Å². The van der Waals surface area contributed by atoms with Crippen LogP contribution in [0.3, 0.4) is 0 Å². The minimum Gasteiger partial charge on any atom is -0.300 e. The van der Waals surface area contributed by atoms with Crippen molar-refractivity contribution in [2.75, 3.05) is 12.8 Å². The highest BCUT2D eigenvalue weighted by atomic mass is 32.2. The molecule has 0 radical (unpaired) electrons. The number of carbonyl (C=O) groups excluding carboxylic acids is 1. The van der Waals surface area contributed by atoms with Crippen LogP contribution in [0.15, 0.2) is 152 Å². The number of aromatic nitrogens is 3. The molecule has 0 aliphatic carbocycles. The summed E-state index contributed by atoms with van der Waals surface area (Å²) in [5.41, 5.74) is 7.50. The van der Waals surface area contributed by atoms with Gasteiger partial charge in [0.25, 0.3) is 0 Å². The Hall–Kier alpha value is -4.83. The zero-order valence-electron chi connectivity index (χ0n) is 30.5. The molecule has 1 fully saturated rings. The van der Waals surface area contributed by atoms with Gasteiger partial charge in [-0.25, -0.2) is 13.1 Å². The first kappa shape index (κ1) is 37.9. The van der Waals surface area contributed by atoms with Gasteiger partial charge >= 0.3 is 0 Å². The molecule has 7 rings (SSSR count). The van der Waals surface area contributed by atoms with Crippen LogP contribution in [-0.2, 0) is 32.5 Å². The van der Waals surface area contributed by atoms with Gasteiger partial charge in [-0.05, 0) is 48.9 Å². The fourth-order valence-corrected chi connectivity index (χ4v) is 10.3. The molecule has 0 amide bonds. The van der Waals surface area contributed by atoms with Crippen LogP contribution in [0.5, 0.6) is 0 Å². The van der Waals surface area contributed by atoms with Gasteiger partial charge in [0.1, 0.15) is 11.5 Å². The summed E-state index contributed by atoms with van der Waals surface area (Å²) >= 11 is 1.87. The van der Waals surface area contributed by atoms with Crippen LogP contribution in [0.4, 0.5) is 0 Å². The molecule has 1 saturated heterocycles. The Morgan fingerprint density at radius 2 is 1.23 bits per heavy atom. The summed E-state index contributed by atoms with van der Waals surface area (Å²) < 4.78 is 29.3. The van der Waals surface area contributed by atoms with E-state index in [-0.39, 0.29) is 17.1 Å². The van der Waals surface area contributed by atoms with Crippen LogP contribution >= 0.6 is 11.8 Å². The Kier molecular flexibility index (Phi) is 12.4. The summed E-state index contributed by atoms with van der Waals surface area (Å²) in [7, 11) is -3.41. The van der Waals surface area contributed by atoms with E-state index in [0.29, 0.717) is 25.9 Å². The quantitative estimate of drug-likeness (QED) is 0.117. The van der Waals surface area contributed by atoms with Crippen LogP contribution < -0.4 is 0 Å². The molecule has 2 atom stereocenters. The van der Waals surface area contributed by atoms with E-state index in [0.717, 1.165) is 28.9 Å². The van der Waals surface area contributed by atoms with E-state index < -0.39 is 14.8 Å². The normalized spacial score (nSPS) is 16.1. The summed E-state index contributed by atoms with van der Waals surface area (Å²) in [5, 5.41) is 8.95. The Morgan fingerprint density at radius 1 is 0.755 bits per heavy atom. The summed E-state index contributed by atoms with van der Waals surface area (Å²) in [5.74, 6) is 0.214. The molecule has 7 nitrogen and oxygen atoms in total. The third-order valence-electron chi connectivity index (χ3n) is 9.64. The molecule has 5 aromatic carbocycles. The Morgan fingerprint density at radius 3 is 1.70 bits per heavy atom. The molecule has 272 valence electrons. The van der Waals surface area contributed by atoms with Crippen molar-refractivity contribution in [1.29, 1.82) is 0 Å². The molecule has 0 bridgehead atoms.